The first-order valence-corrected chi connectivity index (χ1v) is 8.76. The van der Waals surface area contributed by atoms with E-state index in [0.717, 1.165) is 25.2 Å². The number of aliphatic hydroxyl groups excluding tert-OH is 1. The number of benzene rings is 1. The highest BCUT2D eigenvalue weighted by atomic mass is 35.5. The van der Waals surface area contributed by atoms with Crippen LogP contribution in [0.4, 0.5) is 11.6 Å². The van der Waals surface area contributed by atoms with E-state index in [2.05, 4.69) is 20.2 Å². The van der Waals surface area contributed by atoms with Gasteiger partial charge in [0.2, 0.25) is 0 Å². The fourth-order valence-corrected chi connectivity index (χ4v) is 3.18. The Morgan fingerprint density at radius 2 is 2.12 bits per heavy atom. The smallest absolute Gasteiger partial charge is 0.167 e. The summed E-state index contributed by atoms with van der Waals surface area (Å²) in [5.41, 5.74) is 0.698. The van der Waals surface area contributed by atoms with Crippen LogP contribution in [-0.4, -0.2) is 47.1 Å². The van der Waals surface area contributed by atoms with Crippen molar-refractivity contribution < 1.29 is 9.90 Å². The summed E-state index contributed by atoms with van der Waals surface area (Å²) < 4.78 is 0. The summed E-state index contributed by atoms with van der Waals surface area (Å²) in [6.45, 7) is 1.98. The van der Waals surface area contributed by atoms with Crippen LogP contribution >= 0.6 is 11.6 Å². The lowest BCUT2D eigenvalue weighted by molar-refractivity contribution is 0.0907. The lowest BCUT2D eigenvalue weighted by atomic mass is 9.90. The van der Waals surface area contributed by atoms with Gasteiger partial charge in [0, 0.05) is 42.2 Å². The molecular weight excluding hydrogens is 340 g/mol. The second-order valence-electron chi connectivity index (χ2n) is 6.07. The summed E-state index contributed by atoms with van der Waals surface area (Å²) in [5.74, 6) is 1.56. The molecule has 0 bridgehead atoms. The first-order valence-electron chi connectivity index (χ1n) is 8.39. The van der Waals surface area contributed by atoms with Crippen LogP contribution in [0.1, 0.15) is 23.2 Å². The third-order valence-corrected chi connectivity index (χ3v) is 4.57. The number of aliphatic hydroxyl groups is 1. The highest BCUT2D eigenvalue weighted by Crippen LogP contribution is 2.25. The second-order valence-corrected chi connectivity index (χ2v) is 6.50. The number of rotatable bonds is 6. The molecule has 0 spiro atoms. The molecule has 1 aromatic heterocycles. The highest BCUT2D eigenvalue weighted by Gasteiger charge is 2.27. The Morgan fingerprint density at radius 3 is 2.88 bits per heavy atom. The summed E-state index contributed by atoms with van der Waals surface area (Å²) in [5, 5.41) is 12.6. The zero-order chi connectivity index (χ0) is 17.6. The normalized spacial score (nSPS) is 17.4. The highest BCUT2D eigenvalue weighted by molar-refractivity contribution is 6.30. The summed E-state index contributed by atoms with van der Waals surface area (Å²) in [6.07, 6.45) is 3.31. The number of hydrogen-bond acceptors (Lipinski definition) is 6. The minimum atomic E-state index is -0.0567. The number of anilines is 2. The van der Waals surface area contributed by atoms with Gasteiger partial charge in [-0.3, -0.25) is 4.79 Å². The first-order chi connectivity index (χ1) is 12.2. The van der Waals surface area contributed by atoms with Gasteiger partial charge in [-0.15, -0.1) is 0 Å². The Bertz CT molecular complexity index is 723. The number of carbonyl (C=O) groups is 1. The SMILES string of the molecule is O=C(c1ccc(Cl)cc1)[C@@H]1CCCN(c2cc(NCCO)ncn2)C1. The molecule has 0 aliphatic carbocycles. The number of nitrogens with one attached hydrogen (secondary N) is 1. The number of Topliss-reactive ketones (excluding diaryl/α,β-unsaturated/α-hetero) is 1. The Kier molecular flexibility index (Phi) is 5.83. The number of carbonyl (C=O) groups excluding carboxylic acids is 1. The van der Waals surface area contributed by atoms with Crippen molar-refractivity contribution in [2.45, 2.75) is 12.8 Å². The van der Waals surface area contributed by atoms with Crippen LogP contribution < -0.4 is 10.2 Å². The quantitative estimate of drug-likeness (QED) is 0.771. The molecule has 25 heavy (non-hydrogen) atoms. The zero-order valence-corrected chi connectivity index (χ0v) is 14.6. The van der Waals surface area contributed by atoms with E-state index in [1.807, 2.05) is 6.07 Å². The third kappa shape index (κ3) is 4.46. The average Bonchev–Trinajstić information content (AvgIpc) is 2.67. The Morgan fingerprint density at radius 1 is 1.32 bits per heavy atom. The van der Waals surface area contributed by atoms with E-state index in [9.17, 15) is 4.79 Å². The van der Waals surface area contributed by atoms with Crippen LogP contribution in [0.15, 0.2) is 36.7 Å². The average molecular weight is 361 g/mol. The monoisotopic (exact) mass is 360 g/mol. The maximum Gasteiger partial charge on any atom is 0.167 e. The predicted octanol–water partition coefficient (Wildman–Crippen LogP) is 2.63. The van der Waals surface area contributed by atoms with Crippen molar-refractivity contribution in [3.8, 4) is 0 Å². The van der Waals surface area contributed by atoms with E-state index in [1.165, 1.54) is 6.33 Å². The molecule has 3 rings (SSSR count). The van der Waals surface area contributed by atoms with Crippen molar-refractivity contribution in [1.29, 1.82) is 0 Å². The zero-order valence-electron chi connectivity index (χ0n) is 13.9. The fourth-order valence-electron chi connectivity index (χ4n) is 3.05. The number of ketones is 1. The van der Waals surface area contributed by atoms with Crippen LogP contribution in [0, 0.1) is 5.92 Å². The molecule has 6 nitrogen and oxygen atoms in total. The van der Waals surface area contributed by atoms with Crippen LogP contribution in [0.5, 0.6) is 0 Å². The molecule has 1 aliphatic rings. The van der Waals surface area contributed by atoms with E-state index in [4.69, 9.17) is 16.7 Å². The van der Waals surface area contributed by atoms with Crippen molar-refractivity contribution in [2.75, 3.05) is 36.5 Å². The second kappa shape index (κ2) is 8.27. The van der Waals surface area contributed by atoms with Gasteiger partial charge in [-0.1, -0.05) is 11.6 Å². The molecule has 1 aliphatic heterocycles. The van der Waals surface area contributed by atoms with Gasteiger partial charge in [0.25, 0.3) is 0 Å². The Balaban J connectivity index is 1.70. The van der Waals surface area contributed by atoms with Crippen LogP contribution in [-0.2, 0) is 0 Å². The number of hydrogen-bond donors (Lipinski definition) is 2. The molecule has 2 N–H and O–H groups in total. The lowest BCUT2D eigenvalue weighted by Crippen LogP contribution is -2.39. The molecule has 1 fully saturated rings. The van der Waals surface area contributed by atoms with E-state index < -0.39 is 0 Å². The summed E-state index contributed by atoms with van der Waals surface area (Å²) in [7, 11) is 0. The molecule has 132 valence electrons. The minimum Gasteiger partial charge on any atom is -0.395 e. The van der Waals surface area contributed by atoms with Crippen molar-refractivity contribution in [1.82, 2.24) is 9.97 Å². The van der Waals surface area contributed by atoms with Gasteiger partial charge < -0.3 is 15.3 Å². The largest absolute Gasteiger partial charge is 0.395 e. The van der Waals surface area contributed by atoms with E-state index in [1.54, 1.807) is 24.3 Å². The van der Waals surface area contributed by atoms with Crippen molar-refractivity contribution in [2.24, 2.45) is 5.92 Å². The van der Waals surface area contributed by atoms with E-state index in [0.29, 0.717) is 29.5 Å². The van der Waals surface area contributed by atoms with Gasteiger partial charge in [-0.05, 0) is 37.1 Å². The number of halogens is 1. The Labute approximate surface area is 151 Å². The van der Waals surface area contributed by atoms with Gasteiger partial charge in [0.05, 0.1) is 6.61 Å². The van der Waals surface area contributed by atoms with Gasteiger partial charge in [-0.25, -0.2) is 9.97 Å². The van der Waals surface area contributed by atoms with Crippen molar-refractivity contribution in [3.05, 3.63) is 47.2 Å². The van der Waals surface area contributed by atoms with Crippen molar-refractivity contribution in [3.63, 3.8) is 0 Å². The molecule has 0 unspecified atom stereocenters. The predicted molar refractivity (Wildman–Crippen MR) is 98.3 cm³/mol. The number of piperidine rings is 1. The Hall–Kier alpha value is -2.18. The maximum absolute atomic E-state index is 12.8. The molecule has 1 aromatic carbocycles. The topological polar surface area (TPSA) is 78.4 Å². The number of aromatic nitrogens is 2. The first kappa shape index (κ1) is 17.6. The molecular formula is C18H21ClN4O2. The molecule has 2 heterocycles. The minimum absolute atomic E-state index is 0.0424. The molecule has 1 saturated heterocycles. The molecule has 0 saturated carbocycles. The molecule has 2 aromatic rings. The van der Waals surface area contributed by atoms with Crippen molar-refractivity contribution >= 4 is 29.0 Å². The van der Waals surface area contributed by atoms with Crippen LogP contribution in [0.3, 0.4) is 0 Å². The van der Waals surface area contributed by atoms with Crippen LogP contribution in [0.2, 0.25) is 5.02 Å². The third-order valence-electron chi connectivity index (χ3n) is 4.32. The maximum atomic E-state index is 12.8. The van der Waals surface area contributed by atoms with E-state index >= 15 is 0 Å². The van der Waals surface area contributed by atoms with Gasteiger partial charge in [-0.2, -0.15) is 0 Å². The van der Waals surface area contributed by atoms with E-state index in [-0.39, 0.29) is 18.3 Å². The standard InChI is InChI=1S/C18H21ClN4O2/c19-15-5-3-13(4-6-15)18(25)14-2-1-8-23(11-14)17-10-16(20-7-9-24)21-12-22-17/h3-6,10,12,14,24H,1-2,7-9,11H2,(H,20,21,22)/t14-/m1/s1. The van der Waals surface area contributed by atoms with Gasteiger partial charge in [0.1, 0.15) is 18.0 Å². The molecule has 0 amide bonds. The van der Waals surface area contributed by atoms with Crippen LogP contribution in [0.25, 0.3) is 0 Å². The lowest BCUT2D eigenvalue weighted by Gasteiger charge is -2.33. The summed E-state index contributed by atoms with van der Waals surface area (Å²) in [4.78, 5) is 23.3. The summed E-state index contributed by atoms with van der Waals surface area (Å²) in [6, 6.07) is 8.92. The van der Waals surface area contributed by atoms with Gasteiger partial charge in [0.15, 0.2) is 5.78 Å². The molecule has 1 atom stereocenters. The van der Waals surface area contributed by atoms with Gasteiger partial charge >= 0.3 is 0 Å². The summed E-state index contributed by atoms with van der Waals surface area (Å²) >= 11 is 5.90. The molecule has 0 radical (unpaired) electrons. The molecule has 7 heteroatoms. The fraction of sp³-hybridized carbons (Fsp3) is 0.389. The number of nitrogens with zero attached hydrogens (tertiary/aromatic N) is 3.